The van der Waals surface area contributed by atoms with Gasteiger partial charge in [-0.25, -0.2) is 0 Å². The minimum absolute atomic E-state index is 0.387. The van der Waals surface area contributed by atoms with E-state index in [0.717, 1.165) is 22.4 Å². The molecule has 2 aromatic carbocycles. The topological polar surface area (TPSA) is 45.0 Å². The summed E-state index contributed by atoms with van der Waals surface area (Å²) in [5.41, 5.74) is 4.09. The van der Waals surface area contributed by atoms with Crippen LogP contribution in [0.5, 0.6) is 0 Å². The number of rotatable bonds is 5. The van der Waals surface area contributed by atoms with E-state index in [2.05, 4.69) is 11.4 Å². The summed E-state index contributed by atoms with van der Waals surface area (Å²) in [6.07, 6.45) is 0. The van der Waals surface area contributed by atoms with Gasteiger partial charge >= 0.3 is 0 Å². The highest BCUT2D eigenvalue weighted by molar-refractivity contribution is 5.54. The van der Waals surface area contributed by atoms with Crippen LogP contribution in [0.2, 0.25) is 0 Å². The average molecular weight is 266 g/mol. The molecule has 0 saturated carbocycles. The van der Waals surface area contributed by atoms with Crippen molar-refractivity contribution in [3.8, 4) is 6.07 Å². The largest absolute Gasteiger partial charge is 0.380 e. The van der Waals surface area contributed by atoms with Crippen molar-refractivity contribution in [2.45, 2.75) is 19.6 Å². The van der Waals surface area contributed by atoms with Crippen LogP contribution in [-0.4, -0.2) is 7.11 Å². The molecule has 0 aromatic heterocycles. The van der Waals surface area contributed by atoms with E-state index in [0.29, 0.717) is 6.61 Å². The molecule has 0 aliphatic rings. The van der Waals surface area contributed by atoms with Crippen LogP contribution in [0.25, 0.3) is 0 Å². The fourth-order valence-corrected chi connectivity index (χ4v) is 2.17. The number of methoxy groups -OCH3 is 1. The van der Waals surface area contributed by atoms with Gasteiger partial charge in [0.1, 0.15) is 6.04 Å². The molecule has 1 atom stereocenters. The Morgan fingerprint density at radius 3 is 2.55 bits per heavy atom. The van der Waals surface area contributed by atoms with Gasteiger partial charge in [0.05, 0.1) is 12.7 Å². The molecule has 20 heavy (non-hydrogen) atoms. The number of hydrogen-bond acceptors (Lipinski definition) is 3. The molecule has 0 saturated heterocycles. The summed E-state index contributed by atoms with van der Waals surface area (Å²) < 4.78 is 5.20. The van der Waals surface area contributed by atoms with E-state index >= 15 is 0 Å². The van der Waals surface area contributed by atoms with Gasteiger partial charge in [-0.2, -0.15) is 5.26 Å². The molecule has 0 radical (unpaired) electrons. The Hall–Kier alpha value is -2.31. The predicted octanol–water partition coefficient (Wildman–Crippen LogP) is 3.82. The number of nitrogens with one attached hydrogen (secondary N) is 1. The Labute approximate surface area is 119 Å². The quantitative estimate of drug-likeness (QED) is 0.894. The SMILES string of the molecule is COCc1ccccc1C(C#N)Nc1ccccc1C. The van der Waals surface area contributed by atoms with Crippen LogP contribution in [0.1, 0.15) is 22.7 Å². The van der Waals surface area contributed by atoms with Gasteiger partial charge in [0.2, 0.25) is 0 Å². The number of hydrogen-bond donors (Lipinski definition) is 1. The summed E-state index contributed by atoms with van der Waals surface area (Å²) >= 11 is 0. The number of ether oxygens (including phenoxy) is 1. The second-order valence-electron chi connectivity index (χ2n) is 4.65. The first-order chi connectivity index (χ1) is 9.76. The van der Waals surface area contributed by atoms with Crippen molar-refractivity contribution in [1.82, 2.24) is 0 Å². The van der Waals surface area contributed by atoms with Gasteiger partial charge in [0, 0.05) is 12.8 Å². The van der Waals surface area contributed by atoms with Crippen LogP contribution in [0.15, 0.2) is 48.5 Å². The van der Waals surface area contributed by atoms with Crippen molar-refractivity contribution in [2.24, 2.45) is 0 Å². The van der Waals surface area contributed by atoms with Crippen LogP contribution in [-0.2, 0) is 11.3 Å². The zero-order valence-corrected chi connectivity index (χ0v) is 11.8. The zero-order valence-electron chi connectivity index (χ0n) is 11.8. The molecular weight excluding hydrogens is 248 g/mol. The molecule has 0 aliphatic carbocycles. The van der Waals surface area contributed by atoms with Crippen molar-refractivity contribution in [3.63, 3.8) is 0 Å². The van der Waals surface area contributed by atoms with Crippen LogP contribution in [0, 0.1) is 18.3 Å². The smallest absolute Gasteiger partial charge is 0.140 e. The lowest BCUT2D eigenvalue weighted by Gasteiger charge is -2.18. The summed E-state index contributed by atoms with van der Waals surface area (Å²) in [7, 11) is 1.66. The van der Waals surface area contributed by atoms with E-state index in [1.165, 1.54) is 0 Å². The molecule has 0 amide bonds. The molecule has 1 unspecified atom stereocenters. The number of benzene rings is 2. The first kappa shape index (κ1) is 14.1. The first-order valence-corrected chi connectivity index (χ1v) is 6.54. The Kier molecular flexibility index (Phi) is 4.75. The Bertz CT molecular complexity index is 616. The van der Waals surface area contributed by atoms with Crippen LogP contribution >= 0.6 is 0 Å². The van der Waals surface area contributed by atoms with Crippen molar-refractivity contribution < 1.29 is 4.74 Å². The minimum atomic E-state index is -0.387. The Morgan fingerprint density at radius 1 is 1.15 bits per heavy atom. The third-order valence-corrected chi connectivity index (χ3v) is 3.24. The van der Waals surface area contributed by atoms with Crippen molar-refractivity contribution >= 4 is 5.69 Å². The highest BCUT2D eigenvalue weighted by Crippen LogP contribution is 2.24. The molecule has 0 fully saturated rings. The van der Waals surface area contributed by atoms with Gasteiger partial charge in [-0.15, -0.1) is 0 Å². The second kappa shape index (κ2) is 6.74. The fourth-order valence-electron chi connectivity index (χ4n) is 2.17. The van der Waals surface area contributed by atoms with E-state index in [9.17, 15) is 5.26 Å². The molecule has 1 N–H and O–H groups in total. The molecule has 3 nitrogen and oxygen atoms in total. The standard InChI is InChI=1S/C17H18N2O/c1-13-7-3-6-10-16(13)19-17(11-18)15-9-5-4-8-14(15)12-20-2/h3-10,17,19H,12H2,1-2H3. The van der Waals surface area contributed by atoms with Gasteiger partial charge in [-0.3, -0.25) is 0 Å². The number of anilines is 1. The minimum Gasteiger partial charge on any atom is -0.380 e. The molecule has 0 spiro atoms. The number of para-hydroxylation sites is 1. The summed E-state index contributed by atoms with van der Waals surface area (Å²) in [6, 6.07) is 17.8. The Morgan fingerprint density at radius 2 is 1.85 bits per heavy atom. The summed E-state index contributed by atoms with van der Waals surface area (Å²) in [5.74, 6) is 0. The summed E-state index contributed by atoms with van der Waals surface area (Å²) in [6.45, 7) is 2.53. The van der Waals surface area contributed by atoms with Crippen LogP contribution in [0.4, 0.5) is 5.69 Å². The van der Waals surface area contributed by atoms with E-state index in [1.54, 1.807) is 7.11 Å². The third-order valence-electron chi connectivity index (χ3n) is 3.24. The van der Waals surface area contributed by atoms with Crippen molar-refractivity contribution in [3.05, 3.63) is 65.2 Å². The number of nitrogens with zero attached hydrogens (tertiary/aromatic N) is 1. The second-order valence-corrected chi connectivity index (χ2v) is 4.65. The monoisotopic (exact) mass is 266 g/mol. The molecular formula is C17H18N2O. The van der Waals surface area contributed by atoms with Gasteiger partial charge in [0.15, 0.2) is 0 Å². The number of nitriles is 1. The van der Waals surface area contributed by atoms with Gasteiger partial charge < -0.3 is 10.1 Å². The van der Waals surface area contributed by atoms with Gasteiger partial charge in [-0.05, 0) is 29.7 Å². The molecule has 0 aliphatic heterocycles. The predicted molar refractivity (Wildman–Crippen MR) is 80.3 cm³/mol. The fraction of sp³-hybridized carbons (Fsp3) is 0.235. The summed E-state index contributed by atoms with van der Waals surface area (Å²) in [4.78, 5) is 0. The molecule has 3 heteroatoms. The molecule has 0 bridgehead atoms. The van der Waals surface area contributed by atoms with E-state index in [1.807, 2.05) is 55.5 Å². The van der Waals surface area contributed by atoms with Gasteiger partial charge in [-0.1, -0.05) is 42.5 Å². The van der Waals surface area contributed by atoms with Crippen LogP contribution < -0.4 is 5.32 Å². The zero-order chi connectivity index (χ0) is 14.4. The lowest BCUT2D eigenvalue weighted by atomic mass is 10.0. The maximum Gasteiger partial charge on any atom is 0.140 e. The highest BCUT2D eigenvalue weighted by atomic mass is 16.5. The lowest BCUT2D eigenvalue weighted by molar-refractivity contribution is 0.184. The highest BCUT2D eigenvalue weighted by Gasteiger charge is 2.14. The number of aryl methyl sites for hydroxylation is 1. The molecule has 102 valence electrons. The van der Waals surface area contributed by atoms with Crippen LogP contribution in [0.3, 0.4) is 0 Å². The van der Waals surface area contributed by atoms with Crippen molar-refractivity contribution in [2.75, 3.05) is 12.4 Å². The maximum atomic E-state index is 9.47. The maximum absolute atomic E-state index is 9.47. The van der Waals surface area contributed by atoms with E-state index in [4.69, 9.17) is 4.74 Å². The summed E-state index contributed by atoms with van der Waals surface area (Å²) in [5, 5.41) is 12.8. The Balaban J connectivity index is 2.30. The first-order valence-electron chi connectivity index (χ1n) is 6.54. The molecule has 0 heterocycles. The van der Waals surface area contributed by atoms with Gasteiger partial charge in [0.25, 0.3) is 0 Å². The lowest BCUT2D eigenvalue weighted by Crippen LogP contribution is -2.12. The molecule has 2 rings (SSSR count). The molecule has 2 aromatic rings. The third kappa shape index (κ3) is 3.17. The van der Waals surface area contributed by atoms with E-state index in [-0.39, 0.29) is 6.04 Å². The van der Waals surface area contributed by atoms with E-state index < -0.39 is 0 Å². The average Bonchev–Trinajstić information content (AvgIpc) is 2.48. The normalized spacial score (nSPS) is 11.7. The van der Waals surface area contributed by atoms with Crippen molar-refractivity contribution in [1.29, 1.82) is 5.26 Å².